The molecule has 6 heteroatoms. The van der Waals surface area contributed by atoms with Crippen molar-refractivity contribution >= 4 is 17.3 Å². The molecule has 4 N–H and O–H groups in total. The lowest BCUT2D eigenvalue weighted by molar-refractivity contribution is -0.114. The number of benzene rings is 1. The van der Waals surface area contributed by atoms with Crippen LogP contribution in [0.25, 0.3) is 0 Å². The lowest BCUT2D eigenvalue weighted by atomic mass is 10.3. The van der Waals surface area contributed by atoms with Crippen LogP contribution < -0.4 is 11.1 Å². The second-order valence-corrected chi connectivity index (χ2v) is 3.38. The third-order valence-corrected chi connectivity index (χ3v) is 1.74. The maximum absolute atomic E-state index is 10.6. The lowest BCUT2D eigenvalue weighted by Gasteiger charge is -2.01. The van der Waals surface area contributed by atoms with Crippen molar-refractivity contribution in [3.05, 3.63) is 36.4 Å². The molecule has 2 rings (SSSR count). The number of nitrogens with two attached hydrogens (primary N) is 1. The lowest BCUT2D eigenvalue weighted by Crippen LogP contribution is -2.05. The van der Waals surface area contributed by atoms with Gasteiger partial charge in [0.2, 0.25) is 5.91 Å². The Kier molecular flexibility index (Phi) is 4.68. The second-order valence-electron chi connectivity index (χ2n) is 3.38. The number of carbonyl (C=O) groups is 1. The summed E-state index contributed by atoms with van der Waals surface area (Å²) in [6.45, 7) is 3.32. The molecule has 0 unspecified atom stereocenters. The van der Waals surface area contributed by atoms with E-state index in [2.05, 4.69) is 20.5 Å². The Hall–Kier alpha value is -2.37. The number of aryl methyl sites for hydroxylation is 1. The maximum Gasteiger partial charge on any atom is 0.221 e. The molecule has 0 fully saturated rings. The molecule has 17 heavy (non-hydrogen) atoms. The van der Waals surface area contributed by atoms with Crippen LogP contribution in [0.1, 0.15) is 12.7 Å². The summed E-state index contributed by atoms with van der Waals surface area (Å²) in [6.07, 6.45) is 1.48. The third-order valence-electron chi connectivity index (χ3n) is 1.74. The smallest absolute Gasteiger partial charge is 0.221 e. The standard InChI is InChI=1S/C8H10N2O.C3H5N3/c1-6(11)10-8-4-2-3-7(9)5-8;1-3-4-2-5-6-3/h2-5H,9H2,1H3,(H,10,11);2H,1H3,(H,4,5,6). The fraction of sp³-hybridized carbons (Fsp3) is 0.182. The van der Waals surface area contributed by atoms with E-state index < -0.39 is 0 Å². The van der Waals surface area contributed by atoms with Crippen LogP contribution in [-0.2, 0) is 4.79 Å². The molecule has 0 bridgehead atoms. The highest BCUT2D eigenvalue weighted by atomic mass is 16.1. The molecule has 0 atom stereocenters. The van der Waals surface area contributed by atoms with Crippen molar-refractivity contribution < 1.29 is 4.79 Å². The first-order valence-corrected chi connectivity index (χ1v) is 5.03. The Bertz CT molecular complexity index is 466. The molecular weight excluding hydrogens is 218 g/mol. The first kappa shape index (κ1) is 12.7. The van der Waals surface area contributed by atoms with E-state index in [1.54, 1.807) is 24.3 Å². The molecule has 1 aromatic heterocycles. The van der Waals surface area contributed by atoms with E-state index in [0.29, 0.717) is 5.69 Å². The van der Waals surface area contributed by atoms with Gasteiger partial charge in [-0.3, -0.25) is 9.89 Å². The van der Waals surface area contributed by atoms with E-state index in [-0.39, 0.29) is 5.91 Å². The highest BCUT2D eigenvalue weighted by Crippen LogP contribution is 2.10. The SMILES string of the molecule is CC(=O)Nc1cccc(N)c1.Cc1ncn[nH]1. The van der Waals surface area contributed by atoms with Crippen LogP contribution in [0.2, 0.25) is 0 Å². The van der Waals surface area contributed by atoms with Gasteiger partial charge in [0.15, 0.2) is 0 Å². The first-order valence-electron chi connectivity index (χ1n) is 5.03. The van der Waals surface area contributed by atoms with E-state index >= 15 is 0 Å². The zero-order valence-electron chi connectivity index (χ0n) is 9.77. The molecule has 1 amide bonds. The van der Waals surface area contributed by atoms with Crippen molar-refractivity contribution in [1.29, 1.82) is 0 Å². The van der Waals surface area contributed by atoms with E-state index in [9.17, 15) is 4.79 Å². The first-order chi connectivity index (χ1) is 8.08. The van der Waals surface area contributed by atoms with Crippen molar-refractivity contribution in [1.82, 2.24) is 15.2 Å². The number of nitrogens with one attached hydrogen (secondary N) is 2. The summed E-state index contributed by atoms with van der Waals surface area (Å²) < 4.78 is 0. The minimum absolute atomic E-state index is 0.0874. The van der Waals surface area contributed by atoms with Crippen LogP contribution in [0.15, 0.2) is 30.6 Å². The number of aromatic amines is 1. The molecule has 1 heterocycles. The van der Waals surface area contributed by atoms with Gasteiger partial charge in [-0.05, 0) is 25.1 Å². The minimum Gasteiger partial charge on any atom is -0.399 e. The molecule has 0 aliphatic carbocycles. The van der Waals surface area contributed by atoms with Crippen LogP contribution in [0, 0.1) is 6.92 Å². The average molecular weight is 233 g/mol. The van der Waals surface area contributed by atoms with E-state index in [0.717, 1.165) is 11.5 Å². The van der Waals surface area contributed by atoms with Crippen LogP contribution in [0.5, 0.6) is 0 Å². The van der Waals surface area contributed by atoms with Gasteiger partial charge < -0.3 is 11.1 Å². The highest BCUT2D eigenvalue weighted by molar-refractivity contribution is 5.89. The molecule has 0 spiro atoms. The number of nitrogen functional groups attached to an aromatic ring is 1. The number of carbonyl (C=O) groups excluding carboxylic acids is 1. The van der Waals surface area contributed by atoms with Gasteiger partial charge in [-0.2, -0.15) is 5.10 Å². The minimum atomic E-state index is -0.0874. The molecule has 2 aromatic rings. The normalized spacial score (nSPS) is 9.06. The van der Waals surface area contributed by atoms with Gasteiger partial charge in [0.1, 0.15) is 12.2 Å². The van der Waals surface area contributed by atoms with E-state index in [1.165, 1.54) is 13.3 Å². The fourth-order valence-corrected chi connectivity index (χ4v) is 1.09. The molecule has 0 aliphatic heterocycles. The summed E-state index contributed by atoms with van der Waals surface area (Å²) >= 11 is 0. The summed E-state index contributed by atoms with van der Waals surface area (Å²) in [7, 11) is 0. The highest BCUT2D eigenvalue weighted by Gasteiger charge is 1.93. The summed E-state index contributed by atoms with van der Waals surface area (Å²) in [5.74, 6) is 0.769. The molecule has 0 saturated heterocycles. The number of hydrogen-bond acceptors (Lipinski definition) is 4. The van der Waals surface area contributed by atoms with Gasteiger partial charge in [-0.15, -0.1) is 0 Å². The van der Waals surface area contributed by atoms with E-state index in [1.807, 2.05) is 6.92 Å². The number of rotatable bonds is 1. The third kappa shape index (κ3) is 5.31. The van der Waals surface area contributed by atoms with Crippen molar-refractivity contribution in [3.63, 3.8) is 0 Å². The number of H-pyrrole nitrogens is 1. The van der Waals surface area contributed by atoms with Crippen LogP contribution in [0.3, 0.4) is 0 Å². The molecule has 0 saturated carbocycles. The predicted octanol–water partition coefficient (Wildman–Crippen LogP) is 1.34. The monoisotopic (exact) mass is 233 g/mol. The Morgan fingerprint density at radius 2 is 2.24 bits per heavy atom. The van der Waals surface area contributed by atoms with Gasteiger partial charge in [-0.1, -0.05) is 6.07 Å². The maximum atomic E-state index is 10.6. The number of hydrogen-bond donors (Lipinski definition) is 3. The zero-order valence-corrected chi connectivity index (χ0v) is 9.77. The van der Waals surface area contributed by atoms with Crippen molar-refractivity contribution in [2.45, 2.75) is 13.8 Å². The van der Waals surface area contributed by atoms with Crippen molar-refractivity contribution in [2.75, 3.05) is 11.1 Å². The van der Waals surface area contributed by atoms with Crippen molar-refractivity contribution in [2.24, 2.45) is 0 Å². The Labute approximate surface area is 99.3 Å². The number of nitrogens with zero attached hydrogens (tertiary/aromatic N) is 2. The Morgan fingerprint density at radius 1 is 1.47 bits per heavy atom. The topological polar surface area (TPSA) is 96.7 Å². The van der Waals surface area contributed by atoms with Crippen molar-refractivity contribution in [3.8, 4) is 0 Å². The molecule has 6 nitrogen and oxygen atoms in total. The molecule has 0 radical (unpaired) electrons. The summed E-state index contributed by atoms with van der Waals surface area (Å²) in [5, 5.41) is 8.85. The number of anilines is 2. The van der Waals surface area contributed by atoms with Gasteiger partial charge >= 0.3 is 0 Å². The Morgan fingerprint density at radius 3 is 2.65 bits per heavy atom. The van der Waals surface area contributed by atoms with E-state index in [4.69, 9.17) is 5.73 Å². The predicted molar refractivity (Wildman–Crippen MR) is 66.3 cm³/mol. The quantitative estimate of drug-likeness (QED) is 0.647. The zero-order chi connectivity index (χ0) is 12.7. The molecule has 90 valence electrons. The molecule has 0 aliphatic rings. The van der Waals surface area contributed by atoms with Gasteiger partial charge in [0, 0.05) is 18.3 Å². The van der Waals surface area contributed by atoms with Crippen LogP contribution >= 0.6 is 0 Å². The largest absolute Gasteiger partial charge is 0.399 e. The second kappa shape index (κ2) is 6.26. The van der Waals surface area contributed by atoms with Crippen LogP contribution in [0.4, 0.5) is 11.4 Å². The molecular formula is C11H15N5O. The summed E-state index contributed by atoms with van der Waals surface area (Å²) in [5.41, 5.74) is 6.87. The average Bonchev–Trinajstić information content (AvgIpc) is 2.69. The number of amides is 1. The van der Waals surface area contributed by atoms with Gasteiger partial charge in [0.25, 0.3) is 0 Å². The Balaban J connectivity index is 0.000000202. The molecule has 1 aromatic carbocycles. The fourth-order valence-electron chi connectivity index (χ4n) is 1.09. The van der Waals surface area contributed by atoms with Crippen LogP contribution in [-0.4, -0.2) is 21.1 Å². The summed E-state index contributed by atoms with van der Waals surface area (Å²) in [6, 6.07) is 7.06. The number of aromatic nitrogens is 3. The summed E-state index contributed by atoms with van der Waals surface area (Å²) in [4.78, 5) is 14.3. The van der Waals surface area contributed by atoms with Gasteiger partial charge in [0.05, 0.1) is 0 Å². The van der Waals surface area contributed by atoms with Gasteiger partial charge in [-0.25, -0.2) is 4.98 Å².